The number of aromatic nitrogens is 1. The van der Waals surface area contributed by atoms with Crippen LogP contribution < -0.4 is 97.4 Å². The first-order valence-corrected chi connectivity index (χ1v) is 43.0. The summed E-state index contributed by atoms with van der Waals surface area (Å²) in [6.07, 6.45) is -0.302. The highest BCUT2D eigenvalue weighted by molar-refractivity contribution is 6.36. The van der Waals surface area contributed by atoms with Crippen LogP contribution in [0, 0.1) is 31.5 Å². The van der Waals surface area contributed by atoms with E-state index in [-0.39, 0.29) is 119 Å². The normalized spacial score (nSPS) is 19.9. The van der Waals surface area contributed by atoms with Gasteiger partial charge in [-0.1, -0.05) is 109 Å². The third-order valence-electron chi connectivity index (χ3n) is 21.6. The van der Waals surface area contributed by atoms with Gasteiger partial charge in [-0.3, -0.25) is 72.0 Å². The number of hydrogen-bond acceptors (Lipinski definition) is 23. The molecule has 37 nitrogen and oxygen atoms in total. The van der Waals surface area contributed by atoms with Gasteiger partial charge < -0.3 is 117 Å². The number of likely N-dealkylation sites (N-methyl/N-ethyl adjacent to an activating group) is 1. The molecule has 2 aliphatic heterocycles. The number of aliphatic hydroxyl groups excluding tert-OH is 2. The molecule has 38 heteroatoms. The van der Waals surface area contributed by atoms with Gasteiger partial charge in [-0.05, 0) is 189 Å². The van der Waals surface area contributed by atoms with Gasteiger partial charge in [-0.25, -0.2) is 4.39 Å². The van der Waals surface area contributed by atoms with Gasteiger partial charge in [0.05, 0.1) is 29.0 Å². The van der Waals surface area contributed by atoms with Crippen LogP contribution in [0.4, 0.5) is 10.1 Å². The summed E-state index contributed by atoms with van der Waals surface area (Å²) in [6, 6.07) is 1.96. The van der Waals surface area contributed by atoms with Gasteiger partial charge >= 0.3 is 5.97 Å². The predicted molar refractivity (Wildman–Crippen MR) is 468 cm³/mol. The quantitative estimate of drug-likeness (QED) is 0.0147. The van der Waals surface area contributed by atoms with Crippen LogP contribution in [0.5, 0.6) is 0 Å². The van der Waals surface area contributed by atoms with Gasteiger partial charge in [0.2, 0.25) is 65.0 Å². The molecule has 1 fully saturated rings. The molecule has 0 bridgehead atoms. The Morgan fingerprint density at radius 1 is 0.608 bits per heavy atom. The number of nitrogens with one attached hydrogen (secondary N) is 13. The van der Waals surface area contributed by atoms with Crippen molar-refractivity contribution in [3.05, 3.63) is 112 Å². The number of ether oxygens (including phenoxy) is 1. The highest BCUT2D eigenvalue weighted by atomic mass is 19.1. The van der Waals surface area contributed by atoms with Gasteiger partial charge in [0, 0.05) is 49.4 Å². The van der Waals surface area contributed by atoms with Crippen LogP contribution >= 0.6 is 0 Å². The largest absolute Gasteiger partial charge is 0.459 e. The fourth-order valence-corrected chi connectivity index (χ4v) is 14.5. The molecule has 1 saturated heterocycles. The van der Waals surface area contributed by atoms with E-state index in [0.29, 0.717) is 70.2 Å². The molecule has 688 valence electrons. The van der Waals surface area contributed by atoms with E-state index in [1.807, 2.05) is 13.8 Å². The Hall–Kier alpha value is -11.1. The molecule has 0 aliphatic carbocycles. The van der Waals surface area contributed by atoms with E-state index in [2.05, 4.69) is 87.5 Å². The Kier molecular flexibility index (Phi) is 42.2. The van der Waals surface area contributed by atoms with Crippen molar-refractivity contribution < 1.29 is 86.5 Å². The number of benzene rings is 3. The molecule has 0 spiro atoms. The molecule has 25 N–H and O–H groups in total. The Morgan fingerprint density at radius 3 is 1.70 bits per heavy atom. The summed E-state index contributed by atoms with van der Waals surface area (Å²) in [5.74, 6) is -12.4. The molecular formula is C87H131FN20O17. The third kappa shape index (κ3) is 31.5. The van der Waals surface area contributed by atoms with E-state index in [9.17, 15) is 76.9 Å². The lowest BCUT2D eigenvalue weighted by Crippen LogP contribution is -2.62. The van der Waals surface area contributed by atoms with Gasteiger partial charge in [0.25, 0.3) is 11.8 Å². The summed E-state index contributed by atoms with van der Waals surface area (Å²) in [5, 5.41) is 53.2. The molecule has 4 aromatic rings. The SMILES string of the molecule is CCN(CC)CCNC(=O)c1c(C)[nH]c(/C=C2\C(=O)N(CC(=O)OCc3ccc(-c4ccc(CC5NC(=O)C(CCN)NC(=O)C(NC(=O)[C@@H](CCN)NC(=O)C(NC(=O)[C@@H](CCN)NC(=O)CCCCCC(C)C)[C@@H](C)O)CCNC(=O)[C@@H]([C@@H](C)O)NC(=O)[C@@H](CCN)NC(=O)[C@@H](CCN)NC(=O)[C@@H](CC(C)C)NC5=O)cc4)cc3)c3ccc(F)cc32)c1C. The van der Waals surface area contributed by atoms with Crippen LogP contribution in [-0.2, 0) is 80.1 Å². The number of H-pyrrole nitrogens is 1. The van der Waals surface area contributed by atoms with Gasteiger partial charge in [-0.2, -0.15) is 0 Å². The van der Waals surface area contributed by atoms with Crippen molar-refractivity contribution in [1.29, 1.82) is 0 Å². The number of unbranched alkanes of at least 4 members (excludes halogenated alkanes) is 2. The lowest BCUT2D eigenvalue weighted by molar-refractivity contribution is -0.144. The number of hydrogen-bond donors (Lipinski definition) is 20. The van der Waals surface area contributed by atoms with Gasteiger partial charge in [0.1, 0.15) is 79.4 Å². The topological polar surface area (TPSA) is 585 Å². The number of amides is 13. The van der Waals surface area contributed by atoms with Crippen molar-refractivity contribution in [2.45, 2.75) is 232 Å². The average Bonchev–Trinajstić information content (AvgIpc) is 1.61. The zero-order valence-corrected chi connectivity index (χ0v) is 73.4. The molecule has 125 heavy (non-hydrogen) atoms. The minimum absolute atomic E-state index is 0.0383. The smallest absolute Gasteiger partial charge is 0.326 e. The van der Waals surface area contributed by atoms with Crippen molar-refractivity contribution in [3.8, 4) is 11.1 Å². The fraction of sp³-hybridized carbons (Fsp3) is 0.563. The highest BCUT2D eigenvalue weighted by Crippen LogP contribution is 2.39. The first-order valence-electron chi connectivity index (χ1n) is 43.0. The number of carbonyl (C=O) groups excluding carboxylic acids is 14. The maximum absolute atomic E-state index is 15.1. The molecule has 12 atom stereocenters. The van der Waals surface area contributed by atoms with Crippen molar-refractivity contribution in [2.24, 2.45) is 40.5 Å². The second-order valence-corrected chi connectivity index (χ2v) is 32.4. The van der Waals surface area contributed by atoms with Crippen molar-refractivity contribution in [2.75, 3.05) is 76.9 Å². The monoisotopic (exact) mass is 1750 g/mol. The summed E-state index contributed by atoms with van der Waals surface area (Å²) in [7, 11) is 0. The molecule has 3 aromatic carbocycles. The molecule has 0 radical (unpaired) electrons. The number of fused-ring (bicyclic) bond motifs is 1. The number of nitrogens with two attached hydrogens (primary N) is 5. The lowest BCUT2D eigenvalue weighted by Gasteiger charge is -2.29. The third-order valence-corrected chi connectivity index (χ3v) is 21.6. The summed E-state index contributed by atoms with van der Waals surface area (Å²) in [5.41, 5.74) is 34.8. The first kappa shape index (κ1) is 103. The number of aromatic amines is 1. The number of esters is 1. The predicted octanol–water partition coefficient (Wildman–Crippen LogP) is -0.792. The minimum atomic E-state index is -1.76. The summed E-state index contributed by atoms with van der Waals surface area (Å²) in [6.45, 7) is 18.2. The number of anilines is 1. The van der Waals surface area contributed by atoms with E-state index >= 15 is 4.79 Å². The second kappa shape index (κ2) is 51.3. The number of aliphatic hydroxyl groups is 2. The number of nitrogens with zero attached hydrogens (tertiary/aromatic N) is 2. The Labute approximate surface area is 729 Å². The van der Waals surface area contributed by atoms with E-state index in [1.165, 1.54) is 36.9 Å². The zero-order valence-electron chi connectivity index (χ0n) is 73.4. The zero-order chi connectivity index (χ0) is 92.3. The van der Waals surface area contributed by atoms with Crippen LogP contribution in [-0.4, -0.2) is 247 Å². The van der Waals surface area contributed by atoms with Gasteiger partial charge in [0.15, 0.2) is 0 Å². The summed E-state index contributed by atoms with van der Waals surface area (Å²) >= 11 is 0. The molecule has 1 aromatic heterocycles. The number of rotatable bonds is 41. The standard InChI is InChI=1S/C87H131FN20O17/c1-11-107(12-2)41-40-95-84(121)73-50(7)67(96-51(73)8)45-60-59-44-58(88)26-27-70(59)108(87(60)124)46-72(112)125-47-55-20-24-57(25-21-55)56-22-18-54(19-23-56)43-69-83(120)103-68(42-49(5)6)82(119)100-62(29-35-90)76(113)99-65(32-38-93)81(118)105-74(52(9)109)85(122)94-39-33-66(79(116)98-63(30-36-91)78(115)104-69)101-77(114)64(31-37-92)102-86(123)75(53(10)110)106-80(117)61(28-34-89)97-71(111)17-15-13-14-16-48(3)4/h18-27,44-45,48-49,52-53,61-66,68-69,74-75,96,109-110H,11-17,28-43,46-47,89-93H2,1-10H3,(H,94,122)(H,95,121)(H,97,111)(H,98,116)(H,99,113)(H,100,119)(H,101,114)(H,102,123)(H,103,120)(H,104,115)(H,105,118)(H,106,117)/b60-45-/t52-,53-,61-,62-,63?,64-,65-,66?,68-,69?,74-,75?/m1/s1. The first-order chi connectivity index (χ1) is 59.5. The number of aryl methyl sites for hydroxylation is 1. The van der Waals surface area contributed by atoms with Crippen molar-refractivity contribution >= 4 is 100 Å². The highest BCUT2D eigenvalue weighted by Gasteiger charge is 2.40. The van der Waals surface area contributed by atoms with E-state index in [0.717, 1.165) is 32.4 Å². The Bertz CT molecular complexity index is 4370. The van der Waals surface area contributed by atoms with Crippen LogP contribution in [0.15, 0.2) is 66.7 Å². The van der Waals surface area contributed by atoms with Crippen LogP contribution in [0.25, 0.3) is 22.8 Å². The molecule has 13 amide bonds. The molecule has 6 rings (SSSR count). The summed E-state index contributed by atoms with van der Waals surface area (Å²) < 4.78 is 20.6. The lowest BCUT2D eigenvalue weighted by atomic mass is 9.98. The Balaban J connectivity index is 1.27. The average molecular weight is 1750 g/mol. The minimum Gasteiger partial charge on any atom is -0.459 e. The molecule has 2 aliphatic rings. The molecule has 4 unspecified atom stereocenters. The van der Waals surface area contributed by atoms with Crippen molar-refractivity contribution in [1.82, 2.24) is 73.7 Å². The van der Waals surface area contributed by atoms with Crippen LogP contribution in [0.3, 0.4) is 0 Å². The maximum atomic E-state index is 15.1. The van der Waals surface area contributed by atoms with E-state index < -0.39 is 175 Å². The molecule has 3 heterocycles. The number of halogens is 1. The van der Waals surface area contributed by atoms with Crippen molar-refractivity contribution in [3.63, 3.8) is 0 Å². The van der Waals surface area contributed by atoms with Crippen LogP contribution in [0.1, 0.15) is 176 Å². The fourth-order valence-electron chi connectivity index (χ4n) is 14.5. The van der Waals surface area contributed by atoms with Crippen LogP contribution in [0.2, 0.25) is 0 Å². The van der Waals surface area contributed by atoms with Gasteiger partial charge in [-0.15, -0.1) is 0 Å². The maximum Gasteiger partial charge on any atom is 0.326 e. The molecule has 0 saturated carbocycles. The number of carbonyl (C=O) groups is 14. The Morgan fingerprint density at radius 2 is 1.15 bits per heavy atom. The molecular weight excluding hydrogens is 1620 g/mol. The summed E-state index contributed by atoms with van der Waals surface area (Å²) in [4.78, 5) is 205. The van der Waals surface area contributed by atoms with E-state index in [1.54, 1.807) is 82.3 Å². The second-order valence-electron chi connectivity index (χ2n) is 32.4. The van der Waals surface area contributed by atoms with E-state index in [4.69, 9.17) is 33.4 Å².